The van der Waals surface area contributed by atoms with E-state index in [2.05, 4.69) is 22.1 Å². The topological polar surface area (TPSA) is 80.5 Å². The van der Waals surface area contributed by atoms with E-state index in [0.717, 1.165) is 53.9 Å². The van der Waals surface area contributed by atoms with Crippen molar-refractivity contribution < 1.29 is 9.53 Å². The molecule has 1 aliphatic heterocycles. The number of carbonyl (C=O) groups is 1. The first-order valence-electron chi connectivity index (χ1n) is 8.74. The van der Waals surface area contributed by atoms with Crippen molar-refractivity contribution in [2.75, 3.05) is 32.5 Å². The monoisotopic (exact) mass is 362 g/mol. The number of pyridine rings is 1. The van der Waals surface area contributed by atoms with Crippen LogP contribution >= 0.6 is 11.3 Å². The zero-order valence-corrected chi connectivity index (χ0v) is 15.9. The van der Waals surface area contributed by atoms with Crippen LogP contribution in [0.4, 0.5) is 5.69 Å². The maximum Gasteiger partial charge on any atom is 0.263 e. The maximum atomic E-state index is 12.8. The van der Waals surface area contributed by atoms with E-state index in [1.54, 1.807) is 7.11 Å². The van der Waals surface area contributed by atoms with E-state index in [1.807, 2.05) is 13.0 Å². The molecule has 0 bridgehead atoms. The Morgan fingerprint density at radius 1 is 1.56 bits per heavy atom. The molecule has 1 fully saturated rings. The third kappa shape index (κ3) is 3.78. The summed E-state index contributed by atoms with van der Waals surface area (Å²) in [5.41, 5.74) is 8.72. The van der Waals surface area contributed by atoms with Crippen molar-refractivity contribution in [3.8, 4) is 0 Å². The number of hydrogen-bond acceptors (Lipinski definition) is 6. The lowest BCUT2D eigenvalue weighted by molar-refractivity contribution is 0.0911. The molecule has 25 heavy (non-hydrogen) atoms. The molecular formula is C18H26N4O2S. The van der Waals surface area contributed by atoms with E-state index >= 15 is 0 Å². The number of piperidine rings is 1. The summed E-state index contributed by atoms with van der Waals surface area (Å²) in [6.07, 6.45) is 2.12. The Labute approximate surface area is 152 Å². The Kier molecular flexibility index (Phi) is 5.56. The average Bonchev–Trinajstić information content (AvgIpc) is 2.92. The number of nitrogens with one attached hydrogen (secondary N) is 1. The largest absolute Gasteiger partial charge is 0.397 e. The van der Waals surface area contributed by atoms with Gasteiger partial charge in [0, 0.05) is 30.8 Å². The van der Waals surface area contributed by atoms with Crippen LogP contribution in [0.2, 0.25) is 0 Å². The van der Waals surface area contributed by atoms with Crippen LogP contribution in [0, 0.1) is 6.92 Å². The summed E-state index contributed by atoms with van der Waals surface area (Å²) >= 11 is 1.36. The Bertz CT molecular complexity index is 774. The molecule has 0 spiro atoms. The van der Waals surface area contributed by atoms with Gasteiger partial charge >= 0.3 is 0 Å². The van der Waals surface area contributed by atoms with Gasteiger partial charge in [0.1, 0.15) is 9.71 Å². The van der Waals surface area contributed by atoms with Crippen LogP contribution < -0.4 is 11.1 Å². The van der Waals surface area contributed by atoms with Crippen LogP contribution in [0.5, 0.6) is 0 Å². The smallest absolute Gasteiger partial charge is 0.263 e. The van der Waals surface area contributed by atoms with Crippen LogP contribution in [-0.4, -0.2) is 48.6 Å². The molecule has 7 heteroatoms. The molecule has 6 nitrogen and oxygen atoms in total. The molecule has 0 aliphatic carbocycles. The van der Waals surface area contributed by atoms with Gasteiger partial charge in [0.2, 0.25) is 0 Å². The zero-order valence-electron chi connectivity index (χ0n) is 15.1. The van der Waals surface area contributed by atoms with Crippen molar-refractivity contribution in [3.63, 3.8) is 0 Å². The molecule has 2 aromatic rings. The number of nitrogens with two attached hydrogens (primary N) is 1. The van der Waals surface area contributed by atoms with Gasteiger partial charge in [-0.1, -0.05) is 6.92 Å². The number of hydrogen-bond donors (Lipinski definition) is 2. The number of fused-ring (bicyclic) bond motifs is 1. The number of aromatic nitrogens is 1. The lowest BCUT2D eigenvalue weighted by atomic mass is 10.1. The molecule has 0 radical (unpaired) electrons. The minimum atomic E-state index is -0.0931. The van der Waals surface area contributed by atoms with Crippen molar-refractivity contribution in [1.82, 2.24) is 15.2 Å². The summed E-state index contributed by atoms with van der Waals surface area (Å²) < 4.78 is 5.28. The lowest BCUT2D eigenvalue weighted by Gasteiger charge is -2.32. The molecule has 1 amide bonds. The van der Waals surface area contributed by atoms with Crippen molar-refractivity contribution >= 4 is 33.1 Å². The van der Waals surface area contributed by atoms with Gasteiger partial charge in [-0.2, -0.15) is 0 Å². The number of nitrogen functional groups attached to an aromatic ring is 1. The van der Waals surface area contributed by atoms with Gasteiger partial charge in [-0.25, -0.2) is 4.98 Å². The number of rotatable bonds is 5. The average molecular weight is 362 g/mol. The van der Waals surface area contributed by atoms with Crippen molar-refractivity contribution in [1.29, 1.82) is 0 Å². The van der Waals surface area contributed by atoms with Gasteiger partial charge < -0.3 is 20.7 Å². The van der Waals surface area contributed by atoms with E-state index in [0.29, 0.717) is 17.2 Å². The molecule has 3 heterocycles. The van der Waals surface area contributed by atoms with Gasteiger partial charge in [0.25, 0.3) is 5.91 Å². The van der Waals surface area contributed by atoms with E-state index in [4.69, 9.17) is 10.5 Å². The van der Waals surface area contributed by atoms with Gasteiger partial charge in [-0.3, -0.25) is 4.79 Å². The summed E-state index contributed by atoms with van der Waals surface area (Å²) in [6.45, 7) is 7.57. The van der Waals surface area contributed by atoms with E-state index in [9.17, 15) is 4.79 Å². The van der Waals surface area contributed by atoms with Crippen LogP contribution in [0.3, 0.4) is 0 Å². The fraction of sp³-hybridized carbons (Fsp3) is 0.556. The number of ether oxygens (including phenoxy) is 1. The standard InChI is InChI=1S/C18H26N4O2S/c1-4-22-7-5-6-13(9-22)21-17(23)16-15(19)14-12(10-24-3)8-11(2)20-18(14)25-16/h8,13H,4-7,9-10,19H2,1-3H3,(H,21,23)/t13-/m0/s1. The summed E-state index contributed by atoms with van der Waals surface area (Å²) in [4.78, 5) is 21.1. The first-order chi connectivity index (χ1) is 12.0. The number of amides is 1. The highest BCUT2D eigenvalue weighted by molar-refractivity contribution is 7.21. The summed E-state index contributed by atoms with van der Waals surface area (Å²) in [7, 11) is 1.65. The number of aryl methyl sites for hydroxylation is 1. The number of carbonyl (C=O) groups excluding carboxylic acids is 1. The number of nitrogens with zero attached hydrogens (tertiary/aromatic N) is 2. The third-order valence-corrected chi connectivity index (χ3v) is 5.80. The highest BCUT2D eigenvalue weighted by atomic mass is 32.1. The summed E-state index contributed by atoms with van der Waals surface area (Å²) in [5.74, 6) is -0.0931. The van der Waals surface area contributed by atoms with E-state index < -0.39 is 0 Å². The first-order valence-corrected chi connectivity index (χ1v) is 9.55. The molecule has 1 atom stereocenters. The van der Waals surface area contributed by atoms with E-state index in [-0.39, 0.29) is 11.9 Å². The molecule has 3 N–H and O–H groups in total. The van der Waals surface area contributed by atoms with Crippen molar-refractivity contribution in [2.45, 2.75) is 39.3 Å². The predicted molar refractivity (Wildman–Crippen MR) is 102 cm³/mol. The fourth-order valence-electron chi connectivity index (χ4n) is 3.49. The molecule has 3 rings (SSSR count). The minimum Gasteiger partial charge on any atom is -0.397 e. The van der Waals surface area contributed by atoms with Crippen LogP contribution in [0.15, 0.2) is 6.07 Å². The number of likely N-dealkylation sites (tertiary alicyclic amines) is 1. The number of anilines is 1. The Hall–Kier alpha value is -1.70. The fourth-order valence-corrected chi connectivity index (χ4v) is 4.58. The Morgan fingerprint density at radius 3 is 3.08 bits per heavy atom. The molecule has 0 saturated carbocycles. The molecule has 1 saturated heterocycles. The molecule has 0 aromatic carbocycles. The SMILES string of the molecule is CCN1CCC[C@H](NC(=O)c2sc3nc(C)cc(COC)c3c2N)C1. The number of likely N-dealkylation sites (N-methyl/N-ethyl adjacent to an activating group) is 1. The molecular weight excluding hydrogens is 336 g/mol. The second-order valence-corrected chi connectivity index (χ2v) is 7.59. The summed E-state index contributed by atoms with van der Waals surface area (Å²) in [6, 6.07) is 2.15. The summed E-state index contributed by atoms with van der Waals surface area (Å²) in [5, 5.41) is 4.01. The molecule has 2 aromatic heterocycles. The second kappa shape index (κ2) is 7.68. The van der Waals surface area contributed by atoms with Crippen molar-refractivity contribution in [2.24, 2.45) is 0 Å². The molecule has 136 valence electrons. The van der Waals surface area contributed by atoms with E-state index in [1.165, 1.54) is 11.3 Å². The number of thiophene rings is 1. The van der Waals surface area contributed by atoms with Gasteiger partial charge in [-0.15, -0.1) is 11.3 Å². The Balaban J connectivity index is 1.86. The molecule has 1 aliphatic rings. The number of methoxy groups -OCH3 is 1. The zero-order chi connectivity index (χ0) is 18.0. The van der Waals surface area contributed by atoms with Crippen LogP contribution in [0.25, 0.3) is 10.2 Å². The molecule has 0 unspecified atom stereocenters. The first kappa shape index (κ1) is 18.1. The van der Waals surface area contributed by atoms with Gasteiger partial charge in [0.05, 0.1) is 12.3 Å². The van der Waals surface area contributed by atoms with Gasteiger partial charge in [0.15, 0.2) is 0 Å². The van der Waals surface area contributed by atoms with Gasteiger partial charge in [-0.05, 0) is 44.5 Å². The minimum absolute atomic E-state index is 0.0931. The Morgan fingerprint density at radius 2 is 2.36 bits per heavy atom. The normalized spacial score (nSPS) is 18.6. The van der Waals surface area contributed by atoms with Crippen LogP contribution in [-0.2, 0) is 11.3 Å². The third-order valence-electron chi connectivity index (χ3n) is 4.70. The predicted octanol–water partition coefficient (Wildman–Crippen LogP) is 2.55. The van der Waals surface area contributed by atoms with Crippen LogP contribution in [0.1, 0.15) is 40.7 Å². The maximum absolute atomic E-state index is 12.8. The highest BCUT2D eigenvalue weighted by Crippen LogP contribution is 2.35. The van der Waals surface area contributed by atoms with Crippen molar-refractivity contribution in [3.05, 3.63) is 22.2 Å². The second-order valence-electron chi connectivity index (χ2n) is 6.59. The quantitative estimate of drug-likeness (QED) is 0.854. The lowest BCUT2D eigenvalue weighted by Crippen LogP contribution is -2.47. The highest BCUT2D eigenvalue weighted by Gasteiger charge is 2.24.